The van der Waals surface area contributed by atoms with Crippen LogP contribution < -0.4 is 5.32 Å². The van der Waals surface area contributed by atoms with Crippen molar-refractivity contribution in [3.63, 3.8) is 0 Å². The molecule has 0 aliphatic carbocycles. The molecule has 1 aliphatic heterocycles. The number of likely N-dealkylation sites (tertiary alicyclic amines) is 1. The van der Waals surface area contributed by atoms with Gasteiger partial charge in [-0.05, 0) is 48.8 Å². The molecule has 1 aliphatic rings. The molecule has 5 nitrogen and oxygen atoms in total. The van der Waals surface area contributed by atoms with E-state index in [1.807, 2.05) is 0 Å². The second-order valence-corrected chi connectivity index (χ2v) is 7.54. The Balaban J connectivity index is 1.88. The highest BCUT2D eigenvalue weighted by Gasteiger charge is 2.34. The summed E-state index contributed by atoms with van der Waals surface area (Å²) >= 11 is 8.79. The first-order chi connectivity index (χ1) is 10.6. The fourth-order valence-electron chi connectivity index (χ4n) is 2.00. The number of benzene rings is 1. The molecule has 23 heavy (non-hydrogen) atoms. The Bertz CT molecular complexity index is 619. The summed E-state index contributed by atoms with van der Waals surface area (Å²) in [5.41, 5.74) is -0.395. The van der Waals surface area contributed by atoms with Crippen molar-refractivity contribution >= 4 is 39.5 Å². The highest BCUT2D eigenvalue weighted by molar-refractivity contribution is 9.10. The Morgan fingerprint density at radius 1 is 1.39 bits per heavy atom. The summed E-state index contributed by atoms with van der Waals surface area (Å²) < 4.78 is 19.1. The Hall–Kier alpha value is -1.34. The van der Waals surface area contributed by atoms with E-state index >= 15 is 0 Å². The van der Waals surface area contributed by atoms with Gasteiger partial charge in [-0.1, -0.05) is 11.6 Å². The fourth-order valence-corrected chi connectivity index (χ4v) is 2.55. The lowest BCUT2D eigenvalue weighted by atomic mass is 10.1. The van der Waals surface area contributed by atoms with Crippen molar-refractivity contribution in [2.24, 2.45) is 0 Å². The molecule has 1 aromatic rings. The Morgan fingerprint density at radius 2 is 2.00 bits per heavy atom. The van der Waals surface area contributed by atoms with Crippen LogP contribution in [0.2, 0.25) is 5.02 Å². The van der Waals surface area contributed by atoms with Crippen LogP contribution >= 0.6 is 27.5 Å². The summed E-state index contributed by atoms with van der Waals surface area (Å²) in [4.78, 5) is 25.4. The van der Waals surface area contributed by atoms with E-state index in [9.17, 15) is 14.0 Å². The number of amides is 2. The van der Waals surface area contributed by atoms with Crippen molar-refractivity contribution in [1.29, 1.82) is 0 Å². The molecule has 0 aromatic heterocycles. The van der Waals surface area contributed by atoms with Crippen molar-refractivity contribution in [3.05, 3.63) is 33.0 Å². The predicted molar refractivity (Wildman–Crippen MR) is 88.2 cm³/mol. The van der Waals surface area contributed by atoms with Crippen LogP contribution in [0.5, 0.6) is 0 Å². The first-order valence-corrected chi connectivity index (χ1v) is 8.17. The normalized spacial score (nSPS) is 15.1. The van der Waals surface area contributed by atoms with E-state index in [1.165, 1.54) is 11.0 Å². The highest BCUT2D eigenvalue weighted by atomic mass is 79.9. The summed E-state index contributed by atoms with van der Waals surface area (Å²) in [6.07, 6.45) is -0.414. The fraction of sp³-hybridized carbons (Fsp3) is 0.467. The van der Waals surface area contributed by atoms with Crippen LogP contribution in [0.15, 0.2) is 16.6 Å². The molecule has 1 aromatic carbocycles. The van der Waals surface area contributed by atoms with Crippen molar-refractivity contribution in [1.82, 2.24) is 10.2 Å². The van der Waals surface area contributed by atoms with Gasteiger partial charge in [0.15, 0.2) is 0 Å². The minimum absolute atomic E-state index is 0.0682. The van der Waals surface area contributed by atoms with E-state index in [0.717, 1.165) is 6.07 Å². The maximum absolute atomic E-state index is 13.5. The molecule has 0 unspecified atom stereocenters. The predicted octanol–water partition coefficient (Wildman–Crippen LogP) is 3.59. The number of rotatable bonds is 2. The van der Waals surface area contributed by atoms with Gasteiger partial charge >= 0.3 is 6.09 Å². The van der Waals surface area contributed by atoms with Gasteiger partial charge < -0.3 is 15.0 Å². The van der Waals surface area contributed by atoms with E-state index < -0.39 is 23.4 Å². The van der Waals surface area contributed by atoms with E-state index in [4.69, 9.17) is 16.3 Å². The molecule has 0 radical (unpaired) electrons. The maximum atomic E-state index is 13.5. The zero-order chi connectivity index (χ0) is 17.4. The summed E-state index contributed by atoms with van der Waals surface area (Å²) in [6, 6.07) is 2.34. The van der Waals surface area contributed by atoms with Gasteiger partial charge in [0.2, 0.25) is 0 Å². The van der Waals surface area contributed by atoms with Crippen LogP contribution in [0.25, 0.3) is 0 Å². The molecule has 2 amide bonds. The van der Waals surface area contributed by atoms with E-state index in [0.29, 0.717) is 17.6 Å². The number of carbonyl (C=O) groups excluding carboxylic acids is 2. The maximum Gasteiger partial charge on any atom is 0.410 e. The largest absolute Gasteiger partial charge is 0.444 e. The van der Waals surface area contributed by atoms with E-state index in [-0.39, 0.29) is 16.6 Å². The average Bonchev–Trinajstić information content (AvgIpc) is 2.36. The lowest BCUT2D eigenvalue weighted by Crippen LogP contribution is -2.61. The van der Waals surface area contributed by atoms with Gasteiger partial charge in [0.25, 0.3) is 5.91 Å². The number of nitrogens with one attached hydrogen (secondary N) is 1. The molecule has 2 rings (SSSR count). The zero-order valence-corrected chi connectivity index (χ0v) is 15.3. The van der Waals surface area contributed by atoms with Gasteiger partial charge in [-0.25, -0.2) is 9.18 Å². The van der Waals surface area contributed by atoms with Crippen LogP contribution in [0.4, 0.5) is 9.18 Å². The molecule has 126 valence electrons. The Kier molecular flexibility index (Phi) is 5.20. The molecule has 0 spiro atoms. The lowest BCUT2D eigenvalue weighted by Gasteiger charge is -2.39. The third-order valence-electron chi connectivity index (χ3n) is 3.11. The number of carbonyl (C=O) groups is 2. The minimum Gasteiger partial charge on any atom is -0.444 e. The molecule has 0 bridgehead atoms. The number of halogens is 3. The van der Waals surface area contributed by atoms with Crippen molar-refractivity contribution in [2.45, 2.75) is 32.4 Å². The smallest absolute Gasteiger partial charge is 0.410 e. The number of ether oxygens (including phenoxy) is 1. The van der Waals surface area contributed by atoms with Crippen molar-refractivity contribution in [2.75, 3.05) is 13.1 Å². The van der Waals surface area contributed by atoms with Crippen LogP contribution in [-0.2, 0) is 4.74 Å². The Morgan fingerprint density at radius 3 is 2.52 bits per heavy atom. The number of hydrogen-bond acceptors (Lipinski definition) is 3. The monoisotopic (exact) mass is 406 g/mol. The van der Waals surface area contributed by atoms with Crippen LogP contribution in [-0.4, -0.2) is 41.6 Å². The molecule has 8 heteroatoms. The molecule has 1 heterocycles. The minimum atomic E-state index is -0.671. The highest BCUT2D eigenvalue weighted by Crippen LogP contribution is 2.27. The SMILES string of the molecule is CC(C)(C)OC(=O)N1CC(NC(=O)c2cc(F)c(Cl)c(Br)c2)C1. The van der Waals surface area contributed by atoms with Gasteiger partial charge in [-0.2, -0.15) is 0 Å². The van der Waals surface area contributed by atoms with E-state index in [1.54, 1.807) is 20.8 Å². The van der Waals surface area contributed by atoms with Gasteiger partial charge in [0.05, 0.1) is 11.1 Å². The molecule has 0 saturated carbocycles. The topological polar surface area (TPSA) is 58.6 Å². The van der Waals surface area contributed by atoms with Gasteiger partial charge in [-0.15, -0.1) is 0 Å². The molecule has 0 atom stereocenters. The lowest BCUT2D eigenvalue weighted by molar-refractivity contribution is 0.00533. The van der Waals surface area contributed by atoms with Gasteiger partial charge in [0.1, 0.15) is 11.4 Å². The van der Waals surface area contributed by atoms with Gasteiger partial charge in [-0.3, -0.25) is 4.79 Å². The standard InChI is InChI=1S/C15H17BrClFN2O3/c1-15(2,3)23-14(22)20-6-9(7-20)19-13(21)8-4-10(16)12(17)11(18)5-8/h4-5,9H,6-7H2,1-3H3,(H,19,21). The summed E-state index contributed by atoms with van der Waals surface area (Å²) in [6.45, 7) is 6.08. The molecule has 1 fully saturated rings. The first-order valence-electron chi connectivity index (χ1n) is 7.00. The van der Waals surface area contributed by atoms with Crippen LogP contribution in [0, 0.1) is 5.82 Å². The number of nitrogens with zero attached hydrogens (tertiary/aromatic N) is 1. The van der Waals surface area contributed by atoms with Gasteiger partial charge in [0, 0.05) is 23.1 Å². The summed E-state index contributed by atoms with van der Waals surface area (Å²) in [5, 5.41) is 2.67. The Labute approximate surface area is 147 Å². The second-order valence-electron chi connectivity index (χ2n) is 6.31. The van der Waals surface area contributed by atoms with Crippen molar-refractivity contribution < 1.29 is 18.7 Å². The summed E-state index contributed by atoms with van der Waals surface area (Å²) in [7, 11) is 0. The average molecular weight is 408 g/mol. The third-order valence-corrected chi connectivity index (χ3v) is 4.35. The second kappa shape index (κ2) is 6.65. The van der Waals surface area contributed by atoms with Crippen LogP contribution in [0.1, 0.15) is 31.1 Å². The third kappa shape index (κ3) is 4.57. The first kappa shape index (κ1) is 18.0. The molecule has 1 N–H and O–H groups in total. The molecule has 1 saturated heterocycles. The van der Waals surface area contributed by atoms with E-state index in [2.05, 4.69) is 21.2 Å². The summed E-state index contributed by atoms with van der Waals surface area (Å²) in [5.74, 6) is -1.09. The quantitative estimate of drug-likeness (QED) is 0.762. The molecular weight excluding hydrogens is 391 g/mol. The number of hydrogen-bond donors (Lipinski definition) is 1. The van der Waals surface area contributed by atoms with Crippen molar-refractivity contribution in [3.8, 4) is 0 Å². The molecular formula is C15H17BrClFN2O3. The van der Waals surface area contributed by atoms with Crippen LogP contribution in [0.3, 0.4) is 0 Å². The zero-order valence-electron chi connectivity index (χ0n) is 13.0.